The first-order valence-electron chi connectivity index (χ1n) is 4.34. The minimum Gasteiger partial charge on any atom is -0.475 e. The predicted molar refractivity (Wildman–Crippen MR) is 53.8 cm³/mol. The Balaban J connectivity index is 2.52. The van der Waals surface area contributed by atoms with Gasteiger partial charge in [0.1, 0.15) is 5.69 Å². The Bertz CT molecular complexity index is 597. The van der Waals surface area contributed by atoms with Gasteiger partial charge in [0.2, 0.25) is 5.76 Å². The first kappa shape index (κ1) is 11.5. The van der Waals surface area contributed by atoms with E-state index in [9.17, 15) is 13.6 Å². The fraction of sp³-hybridized carbons (Fsp3) is 0. The van der Waals surface area contributed by atoms with E-state index in [-0.39, 0.29) is 16.3 Å². The number of aromatic nitrogens is 1. The summed E-state index contributed by atoms with van der Waals surface area (Å²) in [5.41, 5.74) is 0.0770. The summed E-state index contributed by atoms with van der Waals surface area (Å²) in [5.74, 6) is -3.94. The number of carbonyl (C=O) groups is 1. The Morgan fingerprint density at radius 3 is 2.53 bits per heavy atom. The molecule has 0 aliphatic rings. The van der Waals surface area contributed by atoms with Gasteiger partial charge < -0.3 is 9.63 Å². The second-order valence-corrected chi connectivity index (χ2v) is 3.53. The van der Waals surface area contributed by atoms with Crippen LogP contribution in [-0.2, 0) is 0 Å². The molecule has 17 heavy (non-hydrogen) atoms. The average Bonchev–Trinajstić information content (AvgIpc) is 2.72. The molecule has 2 aromatic rings. The van der Waals surface area contributed by atoms with Crippen LogP contribution in [0.15, 0.2) is 22.7 Å². The molecule has 88 valence electrons. The summed E-state index contributed by atoms with van der Waals surface area (Å²) in [6, 6.07) is 2.67. The van der Waals surface area contributed by atoms with E-state index in [0.29, 0.717) is 0 Å². The normalized spacial score (nSPS) is 10.5. The molecule has 0 fully saturated rings. The minimum atomic E-state index is -1.32. The maximum absolute atomic E-state index is 13.0. The van der Waals surface area contributed by atoms with Crippen LogP contribution >= 0.6 is 11.6 Å². The second-order valence-electron chi connectivity index (χ2n) is 3.13. The number of halogens is 3. The van der Waals surface area contributed by atoms with Crippen molar-refractivity contribution < 1.29 is 23.2 Å². The lowest BCUT2D eigenvalue weighted by Gasteiger charge is -2.00. The zero-order chi connectivity index (χ0) is 12.6. The number of rotatable bonds is 2. The van der Waals surface area contributed by atoms with Crippen molar-refractivity contribution >= 4 is 17.6 Å². The van der Waals surface area contributed by atoms with Gasteiger partial charge in [-0.3, -0.25) is 0 Å². The highest BCUT2D eigenvalue weighted by Gasteiger charge is 2.16. The van der Waals surface area contributed by atoms with E-state index in [2.05, 4.69) is 9.68 Å². The number of carboxylic acid groups (broad SMARTS) is 1. The molecule has 0 saturated carbocycles. The van der Waals surface area contributed by atoms with Gasteiger partial charge in [0.15, 0.2) is 11.6 Å². The Morgan fingerprint density at radius 1 is 1.29 bits per heavy atom. The zero-order valence-electron chi connectivity index (χ0n) is 8.08. The van der Waals surface area contributed by atoms with Gasteiger partial charge in [-0.05, 0) is 12.1 Å². The van der Waals surface area contributed by atoms with Crippen molar-refractivity contribution in [3.8, 4) is 11.3 Å². The molecule has 4 nitrogen and oxygen atoms in total. The van der Waals surface area contributed by atoms with Gasteiger partial charge in [-0.15, -0.1) is 0 Å². The van der Waals surface area contributed by atoms with Crippen LogP contribution < -0.4 is 0 Å². The lowest BCUT2D eigenvalue weighted by atomic mass is 10.1. The van der Waals surface area contributed by atoms with Crippen molar-refractivity contribution in [1.82, 2.24) is 5.16 Å². The molecular weight excluding hydrogens is 256 g/mol. The van der Waals surface area contributed by atoms with Crippen molar-refractivity contribution in [1.29, 1.82) is 0 Å². The van der Waals surface area contributed by atoms with Crippen LogP contribution in [0, 0.1) is 11.6 Å². The highest BCUT2D eigenvalue weighted by molar-refractivity contribution is 6.33. The Morgan fingerprint density at radius 2 is 1.94 bits per heavy atom. The molecule has 0 unspecified atom stereocenters. The average molecular weight is 260 g/mol. The van der Waals surface area contributed by atoms with Gasteiger partial charge >= 0.3 is 5.97 Å². The third-order valence-corrected chi connectivity index (χ3v) is 2.32. The van der Waals surface area contributed by atoms with Gasteiger partial charge in [-0.1, -0.05) is 16.8 Å². The van der Waals surface area contributed by atoms with Gasteiger partial charge in [0.05, 0.1) is 5.02 Å². The number of aromatic carboxylic acids is 1. The van der Waals surface area contributed by atoms with Crippen LogP contribution in [-0.4, -0.2) is 16.2 Å². The molecule has 0 amide bonds. The van der Waals surface area contributed by atoms with Crippen molar-refractivity contribution in [3.05, 3.63) is 40.6 Å². The molecule has 0 spiro atoms. The zero-order valence-corrected chi connectivity index (χ0v) is 8.83. The van der Waals surface area contributed by atoms with Crippen LogP contribution in [0.2, 0.25) is 5.02 Å². The molecule has 2 rings (SSSR count). The van der Waals surface area contributed by atoms with Crippen LogP contribution in [0.25, 0.3) is 11.3 Å². The van der Waals surface area contributed by atoms with Crippen LogP contribution in [0.1, 0.15) is 10.6 Å². The standard InChI is InChI=1S/C10H4ClF2NO3/c11-5-2-7(13)6(12)1-4(5)8-3-9(10(15)16)17-14-8/h1-3H,(H,15,16). The fourth-order valence-corrected chi connectivity index (χ4v) is 1.47. The molecule has 0 aliphatic carbocycles. The van der Waals surface area contributed by atoms with E-state index >= 15 is 0 Å². The lowest BCUT2D eigenvalue weighted by molar-refractivity contribution is 0.0652. The molecule has 1 aromatic carbocycles. The second kappa shape index (κ2) is 4.14. The fourth-order valence-electron chi connectivity index (χ4n) is 1.22. The van der Waals surface area contributed by atoms with Gasteiger partial charge in [-0.25, -0.2) is 13.6 Å². The molecule has 0 aliphatic heterocycles. The van der Waals surface area contributed by atoms with Crippen molar-refractivity contribution in [2.45, 2.75) is 0 Å². The monoisotopic (exact) mass is 259 g/mol. The molecule has 0 atom stereocenters. The van der Waals surface area contributed by atoms with E-state index in [0.717, 1.165) is 18.2 Å². The van der Waals surface area contributed by atoms with E-state index in [1.54, 1.807) is 0 Å². The first-order valence-corrected chi connectivity index (χ1v) is 4.71. The molecule has 7 heteroatoms. The quantitative estimate of drug-likeness (QED) is 0.842. The minimum absolute atomic E-state index is 0.0197. The van der Waals surface area contributed by atoms with Crippen molar-refractivity contribution in [2.24, 2.45) is 0 Å². The number of carboxylic acids is 1. The number of nitrogens with zero attached hydrogens (tertiary/aromatic N) is 1. The van der Waals surface area contributed by atoms with E-state index in [1.807, 2.05) is 0 Å². The van der Waals surface area contributed by atoms with Crippen LogP contribution in [0.5, 0.6) is 0 Å². The lowest BCUT2D eigenvalue weighted by Crippen LogP contribution is -1.91. The highest BCUT2D eigenvalue weighted by Crippen LogP contribution is 2.29. The smallest absolute Gasteiger partial charge is 0.374 e. The van der Waals surface area contributed by atoms with E-state index in [4.69, 9.17) is 16.7 Å². The molecule has 0 radical (unpaired) electrons. The predicted octanol–water partition coefficient (Wildman–Crippen LogP) is 2.97. The number of benzene rings is 1. The van der Waals surface area contributed by atoms with Crippen LogP contribution in [0.4, 0.5) is 8.78 Å². The highest BCUT2D eigenvalue weighted by atomic mass is 35.5. The Labute approximate surface area is 98.4 Å². The van der Waals surface area contributed by atoms with Gasteiger partial charge in [-0.2, -0.15) is 0 Å². The van der Waals surface area contributed by atoms with Crippen molar-refractivity contribution in [3.63, 3.8) is 0 Å². The summed E-state index contributed by atoms with van der Waals surface area (Å²) in [5, 5.41) is 11.9. The van der Waals surface area contributed by atoms with Crippen LogP contribution in [0.3, 0.4) is 0 Å². The topological polar surface area (TPSA) is 63.3 Å². The first-order chi connectivity index (χ1) is 7.99. The molecule has 0 saturated heterocycles. The number of hydrogen-bond acceptors (Lipinski definition) is 3. The van der Waals surface area contributed by atoms with E-state index < -0.39 is 23.4 Å². The SMILES string of the molecule is O=C(O)c1cc(-c2cc(F)c(F)cc2Cl)no1. The summed E-state index contributed by atoms with van der Waals surface area (Å²) in [4.78, 5) is 10.6. The number of hydrogen-bond donors (Lipinski definition) is 1. The molecular formula is C10H4ClF2NO3. The largest absolute Gasteiger partial charge is 0.475 e. The third kappa shape index (κ3) is 2.12. The summed E-state index contributed by atoms with van der Waals surface area (Å²) in [7, 11) is 0. The van der Waals surface area contributed by atoms with E-state index in [1.165, 1.54) is 0 Å². The molecule has 1 heterocycles. The maximum atomic E-state index is 13.0. The molecule has 1 aromatic heterocycles. The summed E-state index contributed by atoms with van der Waals surface area (Å²) >= 11 is 5.69. The maximum Gasteiger partial charge on any atom is 0.374 e. The Hall–Kier alpha value is -1.95. The molecule has 1 N–H and O–H groups in total. The summed E-state index contributed by atoms with van der Waals surface area (Å²) < 4.78 is 30.3. The third-order valence-electron chi connectivity index (χ3n) is 2.01. The van der Waals surface area contributed by atoms with Crippen molar-refractivity contribution in [2.75, 3.05) is 0 Å². The summed E-state index contributed by atoms with van der Waals surface area (Å²) in [6.45, 7) is 0. The molecule has 0 bridgehead atoms. The van der Waals surface area contributed by atoms with Gasteiger partial charge in [0, 0.05) is 11.6 Å². The Kier molecular flexibility index (Phi) is 2.81. The summed E-state index contributed by atoms with van der Waals surface area (Å²) in [6.07, 6.45) is 0. The van der Waals surface area contributed by atoms with Gasteiger partial charge in [0.25, 0.3) is 0 Å².